The maximum atomic E-state index is 9.51. The monoisotopic (exact) mass is 438 g/mol. The maximum absolute atomic E-state index is 9.51. The van der Waals surface area contributed by atoms with E-state index in [2.05, 4.69) is 35.7 Å². The van der Waals surface area contributed by atoms with Crippen LogP contribution in [0.15, 0.2) is 17.6 Å². The van der Waals surface area contributed by atoms with Crippen LogP contribution in [0.5, 0.6) is 0 Å². The molecule has 5 nitrogen and oxygen atoms in total. The van der Waals surface area contributed by atoms with Crippen molar-refractivity contribution in [1.82, 2.24) is 15.1 Å². The molecule has 23 heavy (non-hydrogen) atoms. The molecular weight excluding hydrogens is 403 g/mol. The Morgan fingerprint density at radius 2 is 2.09 bits per heavy atom. The summed E-state index contributed by atoms with van der Waals surface area (Å²) >= 11 is 0. The van der Waals surface area contributed by atoms with Gasteiger partial charge in [-0.25, -0.2) is 0 Å². The Bertz CT molecular complexity index is 331. The Hall–Kier alpha value is -0.340. The second kappa shape index (κ2) is 14.0. The Labute approximate surface area is 159 Å². The Balaban J connectivity index is 0.00000484. The lowest BCUT2D eigenvalue weighted by Gasteiger charge is -2.29. The number of aliphatic hydroxyl groups excluding tert-OH is 1. The van der Waals surface area contributed by atoms with Crippen LogP contribution in [-0.4, -0.2) is 73.3 Å². The van der Waals surface area contributed by atoms with Crippen molar-refractivity contribution in [2.24, 2.45) is 4.99 Å². The van der Waals surface area contributed by atoms with Gasteiger partial charge in [0.05, 0.1) is 6.10 Å². The molecule has 1 aliphatic heterocycles. The van der Waals surface area contributed by atoms with Crippen LogP contribution in [0.25, 0.3) is 0 Å². The molecule has 0 spiro atoms. The van der Waals surface area contributed by atoms with Gasteiger partial charge >= 0.3 is 0 Å². The number of guanidine groups is 1. The zero-order valence-electron chi connectivity index (χ0n) is 14.8. The van der Waals surface area contributed by atoms with Crippen molar-refractivity contribution in [1.29, 1.82) is 0 Å². The van der Waals surface area contributed by atoms with E-state index in [1.54, 1.807) is 0 Å². The molecule has 0 radical (unpaired) electrons. The highest BCUT2D eigenvalue weighted by atomic mass is 127. The number of nitrogens with one attached hydrogen (secondary N) is 1. The van der Waals surface area contributed by atoms with Crippen LogP contribution in [-0.2, 0) is 0 Å². The minimum atomic E-state index is -0.0844. The van der Waals surface area contributed by atoms with Gasteiger partial charge in [0, 0.05) is 39.8 Å². The fourth-order valence-corrected chi connectivity index (χ4v) is 2.67. The number of rotatable bonds is 9. The Kier molecular flexibility index (Phi) is 13.8. The van der Waals surface area contributed by atoms with E-state index in [4.69, 9.17) is 4.99 Å². The second-order valence-corrected chi connectivity index (χ2v) is 6.01. The molecule has 0 unspecified atom stereocenters. The molecule has 0 atom stereocenters. The van der Waals surface area contributed by atoms with Gasteiger partial charge in [-0.2, -0.15) is 0 Å². The summed E-state index contributed by atoms with van der Waals surface area (Å²) in [6.07, 6.45) is 6.94. The summed E-state index contributed by atoms with van der Waals surface area (Å²) in [6, 6.07) is 0. The molecular formula is C17H35IN4O. The third kappa shape index (κ3) is 10.2. The van der Waals surface area contributed by atoms with Crippen molar-refractivity contribution in [2.75, 3.05) is 46.3 Å². The van der Waals surface area contributed by atoms with Crippen LogP contribution in [0.2, 0.25) is 0 Å². The zero-order valence-corrected chi connectivity index (χ0v) is 17.2. The van der Waals surface area contributed by atoms with E-state index in [1.165, 1.54) is 0 Å². The molecule has 0 saturated carbocycles. The SMILES string of the molecule is C=CCCCN(C)C(=NCCCN1CCC(O)CC1)NCC.I. The van der Waals surface area contributed by atoms with Crippen molar-refractivity contribution in [3.63, 3.8) is 0 Å². The lowest BCUT2D eigenvalue weighted by Crippen LogP contribution is -2.39. The largest absolute Gasteiger partial charge is 0.393 e. The van der Waals surface area contributed by atoms with Gasteiger partial charge in [0.15, 0.2) is 5.96 Å². The van der Waals surface area contributed by atoms with E-state index in [1.807, 2.05) is 6.08 Å². The quantitative estimate of drug-likeness (QED) is 0.191. The molecule has 0 aromatic rings. The number of aliphatic imine (C=N–C) groups is 1. The van der Waals surface area contributed by atoms with E-state index in [0.717, 1.165) is 77.3 Å². The fourth-order valence-electron chi connectivity index (χ4n) is 2.67. The lowest BCUT2D eigenvalue weighted by molar-refractivity contribution is 0.0824. The van der Waals surface area contributed by atoms with Gasteiger partial charge in [-0.05, 0) is 45.6 Å². The smallest absolute Gasteiger partial charge is 0.193 e. The number of nitrogens with zero attached hydrogens (tertiary/aromatic N) is 3. The number of hydrogen-bond acceptors (Lipinski definition) is 3. The molecule has 0 aliphatic carbocycles. The first-order chi connectivity index (χ1) is 10.7. The average molecular weight is 438 g/mol. The summed E-state index contributed by atoms with van der Waals surface area (Å²) in [7, 11) is 2.09. The molecule has 1 fully saturated rings. The molecule has 1 saturated heterocycles. The zero-order chi connectivity index (χ0) is 16.2. The first-order valence-electron chi connectivity index (χ1n) is 8.68. The molecule has 0 aromatic carbocycles. The third-order valence-electron chi connectivity index (χ3n) is 4.05. The predicted octanol–water partition coefficient (Wildman–Crippen LogP) is 2.31. The van der Waals surface area contributed by atoms with E-state index < -0.39 is 0 Å². The van der Waals surface area contributed by atoms with Gasteiger partial charge < -0.3 is 20.2 Å². The molecule has 0 aromatic heterocycles. The Morgan fingerprint density at radius 1 is 1.39 bits per heavy atom. The topological polar surface area (TPSA) is 51.1 Å². The number of piperidine rings is 1. The van der Waals surface area contributed by atoms with E-state index in [9.17, 15) is 5.11 Å². The normalized spacial score (nSPS) is 16.7. The van der Waals surface area contributed by atoms with Gasteiger partial charge in [0.25, 0.3) is 0 Å². The summed E-state index contributed by atoms with van der Waals surface area (Å²) in [4.78, 5) is 9.35. The number of allylic oxidation sites excluding steroid dienone is 1. The molecule has 136 valence electrons. The minimum Gasteiger partial charge on any atom is -0.393 e. The molecule has 0 amide bonds. The number of aliphatic hydroxyl groups is 1. The van der Waals surface area contributed by atoms with Gasteiger partial charge in [-0.1, -0.05) is 6.08 Å². The number of unbranched alkanes of at least 4 members (excludes halogenated alkanes) is 1. The lowest BCUT2D eigenvalue weighted by atomic mass is 10.1. The van der Waals surface area contributed by atoms with Crippen LogP contribution in [0, 0.1) is 0 Å². The van der Waals surface area contributed by atoms with Gasteiger partial charge in [-0.3, -0.25) is 4.99 Å². The molecule has 1 aliphatic rings. The first kappa shape index (κ1) is 22.7. The van der Waals surface area contributed by atoms with Crippen molar-refractivity contribution < 1.29 is 5.11 Å². The van der Waals surface area contributed by atoms with Crippen LogP contribution >= 0.6 is 24.0 Å². The first-order valence-corrected chi connectivity index (χ1v) is 8.68. The highest BCUT2D eigenvalue weighted by Gasteiger charge is 2.16. The highest BCUT2D eigenvalue weighted by molar-refractivity contribution is 14.0. The summed E-state index contributed by atoms with van der Waals surface area (Å²) in [5, 5.41) is 12.9. The van der Waals surface area contributed by atoms with E-state index >= 15 is 0 Å². The highest BCUT2D eigenvalue weighted by Crippen LogP contribution is 2.09. The fraction of sp³-hybridized carbons (Fsp3) is 0.824. The number of likely N-dealkylation sites (tertiary alicyclic amines) is 1. The molecule has 1 heterocycles. The minimum absolute atomic E-state index is 0. The van der Waals surface area contributed by atoms with Crippen LogP contribution < -0.4 is 5.32 Å². The standard InChI is InChI=1S/C17H34N4O.HI/c1-4-6-7-12-20(3)17(18-5-2)19-11-8-13-21-14-9-16(22)10-15-21;/h4,16,22H,1,5-15H2,2-3H3,(H,18,19);1H. The predicted molar refractivity (Wildman–Crippen MR) is 110 cm³/mol. The van der Waals surface area contributed by atoms with Crippen molar-refractivity contribution in [3.8, 4) is 0 Å². The summed E-state index contributed by atoms with van der Waals surface area (Å²) in [6.45, 7) is 11.7. The van der Waals surface area contributed by atoms with Gasteiger partial charge in [0.1, 0.15) is 0 Å². The van der Waals surface area contributed by atoms with Crippen LogP contribution in [0.1, 0.15) is 39.0 Å². The third-order valence-corrected chi connectivity index (χ3v) is 4.05. The average Bonchev–Trinajstić information content (AvgIpc) is 2.52. The van der Waals surface area contributed by atoms with Gasteiger partial charge in [0.2, 0.25) is 0 Å². The van der Waals surface area contributed by atoms with Crippen molar-refractivity contribution in [2.45, 2.75) is 45.1 Å². The number of halogens is 1. The van der Waals surface area contributed by atoms with Crippen molar-refractivity contribution in [3.05, 3.63) is 12.7 Å². The van der Waals surface area contributed by atoms with Gasteiger partial charge in [-0.15, -0.1) is 30.6 Å². The summed E-state index contributed by atoms with van der Waals surface area (Å²) < 4.78 is 0. The molecule has 6 heteroatoms. The van der Waals surface area contributed by atoms with E-state index in [0.29, 0.717) is 0 Å². The summed E-state index contributed by atoms with van der Waals surface area (Å²) in [5.41, 5.74) is 0. The van der Waals surface area contributed by atoms with E-state index in [-0.39, 0.29) is 30.1 Å². The summed E-state index contributed by atoms with van der Waals surface area (Å²) in [5.74, 6) is 1.00. The molecule has 2 N–H and O–H groups in total. The van der Waals surface area contributed by atoms with Crippen LogP contribution in [0.3, 0.4) is 0 Å². The van der Waals surface area contributed by atoms with Crippen molar-refractivity contribution >= 4 is 29.9 Å². The molecule has 1 rings (SSSR count). The second-order valence-electron chi connectivity index (χ2n) is 6.01. The maximum Gasteiger partial charge on any atom is 0.193 e. The molecule has 0 bridgehead atoms. The Morgan fingerprint density at radius 3 is 2.70 bits per heavy atom. The van der Waals surface area contributed by atoms with Crippen LogP contribution in [0.4, 0.5) is 0 Å². The number of hydrogen-bond donors (Lipinski definition) is 2.